The van der Waals surface area contributed by atoms with E-state index in [2.05, 4.69) is 32.0 Å². The van der Waals surface area contributed by atoms with Gasteiger partial charge in [-0.2, -0.15) is 0 Å². The first-order valence-corrected chi connectivity index (χ1v) is 6.62. The molecule has 20 heavy (non-hydrogen) atoms. The molecule has 0 fully saturated rings. The molecule has 0 aliphatic carbocycles. The SMILES string of the molecule is Cc1ccc(C(=N)N)cc1OCc1c(C)cccc1C. The summed E-state index contributed by atoms with van der Waals surface area (Å²) in [6.07, 6.45) is 0. The fourth-order valence-electron chi connectivity index (χ4n) is 2.15. The van der Waals surface area contributed by atoms with Crippen molar-refractivity contribution in [2.75, 3.05) is 0 Å². The molecule has 2 aromatic carbocycles. The first-order valence-electron chi connectivity index (χ1n) is 6.62. The third kappa shape index (κ3) is 2.99. The normalized spacial score (nSPS) is 10.3. The van der Waals surface area contributed by atoms with Gasteiger partial charge in [-0.25, -0.2) is 0 Å². The van der Waals surface area contributed by atoms with Crippen LogP contribution in [0.3, 0.4) is 0 Å². The second kappa shape index (κ2) is 5.78. The molecule has 2 aromatic rings. The van der Waals surface area contributed by atoms with Crippen molar-refractivity contribution in [3.63, 3.8) is 0 Å². The van der Waals surface area contributed by atoms with Gasteiger partial charge >= 0.3 is 0 Å². The van der Waals surface area contributed by atoms with E-state index in [-0.39, 0.29) is 5.84 Å². The highest BCUT2D eigenvalue weighted by Gasteiger charge is 2.07. The Hall–Kier alpha value is -2.29. The van der Waals surface area contributed by atoms with Crippen LogP contribution in [0.5, 0.6) is 5.75 Å². The van der Waals surface area contributed by atoms with E-state index in [1.165, 1.54) is 16.7 Å². The van der Waals surface area contributed by atoms with Crippen LogP contribution in [0.25, 0.3) is 0 Å². The number of rotatable bonds is 4. The average molecular weight is 268 g/mol. The second-order valence-corrected chi connectivity index (χ2v) is 5.05. The molecular formula is C17H20N2O. The van der Waals surface area contributed by atoms with Crippen molar-refractivity contribution in [3.8, 4) is 5.75 Å². The topological polar surface area (TPSA) is 59.1 Å². The largest absolute Gasteiger partial charge is 0.489 e. The molecule has 0 radical (unpaired) electrons. The lowest BCUT2D eigenvalue weighted by atomic mass is 10.0. The molecule has 0 aromatic heterocycles. The number of hydrogen-bond acceptors (Lipinski definition) is 2. The number of aryl methyl sites for hydroxylation is 3. The maximum absolute atomic E-state index is 7.49. The van der Waals surface area contributed by atoms with Crippen LogP contribution in [-0.4, -0.2) is 5.84 Å². The van der Waals surface area contributed by atoms with Gasteiger partial charge in [0.25, 0.3) is 0 Å². The molecule has 3 N–H and O–H groups in total. The molecule has 0 bridgehead atoms. The number of nitrogen functional groups attached to an aromatic ring is 1. The fourth-order valence-corrected chi connectivity index (χ4v) is 2.15. The van der Waals surface area contributed by atoms with E-state index in [4.69, 9.17) is 15.9 Å². The summed E-state index contributed by atoms with van der Waals surface area (Å²) in [5.74, 6) is 0.835. The van der Waals surface area contributed by atoms with Gasteiger partial charge in [-0.15, -0.1) is 0 Å². The van der Waals surface area contributed by atoms with Crippen molar-refractivity contribution in [1.29, 1.82) is 5.41 Å². The van der Waals surface area contributed by atoms with Crippen molar-refractivity contribution in [1.82, 2.24) is 0 Å². The summed E-state index contributed by atoms with van der Waals surface area (Å²) in [5, 5.41) is 7.49. The van der Waals surface area contributed by atoms with Crippen LogP contribution in [0.15, 0.2) is 36.4 Å². The van der Waals surface area contributed by atoms with Crippen molar-refractivity contribution < 1.29 is 4.74 Å². The molecule has 0 atom stereocenters. The van der Waals surface area contributed by atoms with E-state index < -0.39 is 0 Å². The van der Waals surface area contributed by atoms with Crippen molar-refractivity contribution in [2.45, 2.75) is 27.4 Å². The Kier molecular flexibility index (Phi) is 4.08. The molecule has 0 unspecified atom stereocenters. The summed E-state index contributed by atoms with van der Waals surface area (Å²) in [6, 6.07) is 11.8. The maximum Gasteiger partial charge on any atom is 0.123 e. The fraction of sp³-hybridized carbons (Fsp3) is 0.235. The Morgan fingerprint density at radius 3 is 2.30 bits per heavy atom. The van der Waals surface area contributed by atoms with E-state index in [1.807, 2.05) is 25.1 Å². The summed E-state index contributed by atoms with van der Waals surface area (Å²) >= 11 is 0. The minimum atomic E-state index is 0.0573. The van der Waals surface area contributed by atoms with Crippen molar-refractivity contribution in [3.05, 3.63) is 64.2 Å². The third-order valence-electron chi connectivity index (χ3n) is 3.52. The highest BCUT2D eigenvalue weighted by Crippen LogP contribution is 2.22. The number of nitrogens with one attached hydrogen (secondary N) is 1. The first kappa shape index (κ1) is 14.1. The molecule has 2 rings (SSSR count). The predicted octanol–water partition coefficient (Wildman–Crippen LogP) is 3.47. The smallest absolute Gasteiger partial charge is 0.123 e. The Morgan fingerprint density at radius 2 is 1.70 bits per heavy atom. The van der Waals surface area contributed by atoms with Crippen molar-refractivity contribution >= 4 is 5.84 Å². The monoisotopic (exact) mass is 268 g/mol. The van der Waals surface area contributed by atoms with Gasteiger partial charge in [-0.3, -0.25) is 5.41 Å². The first-order chi connectivity index (χ1) is 9.49. The van der Waals surface area contributed by atoms with Gasteiger partial charge in [0, 0.05) is 5.56 Å². The number of benzene rings is 2. The maximum atomic E-state index is 7.49. The lowest BCUT2D eigenvalue weighted by molar-refractivity contribution is 0.302. The minimum Gasteiger partial charge on any atom is -0.489 e. The van der Waals surface area contributed by atoms with E-state index in [1.54, 1.807) is 0 Å². The van der Waals surface area contributed by atoms with Crippen LogP contribution in [0.1, 0.15) is 27.8 Å². The number of ether oxygens (including phenoxy) is 1. The molecular weight excluding hydrogens is 248 g/mol. The Labute approximate surface area is 119 Å². The Balaban J connectivity index is 2.23. The van der Waals surface area contributed by atoms with Crippen LogP contribution in [0.4, 0.5) is 0 Å². The third-order valence-corrected chi connectivity index (χ3v) is 3.52. The molecule has 3 heteroatoms. The van der Waals surface area contributed by atoms with Crippen LogP contribution >= 0.6 is 0 Å². The molecule has 0 amide bonds. The summed E-state index contributed by atoms with van der Waals surface area (Å²) in [6.45, 7) is 6.69. The zero-order valence-electron chi connectivity index (χ0n) is 12.2. The van der Waals surface area contributed by atoms with Crippen LogP contribution in [0, 0.1) is 26.2 Å². The summed E-state index contributed by atoms with van der Waals surface area (Å²) in [5.41, 5.74) is 10.9. The molecule has 0 saturated heterocycles. The van der Waals surface area contributed by atoms with Crippen LogP contribution < -0.4 is 10.5 Å². The van der Waals surface area contributed by atoms with E-state index in [0.717, 1.165) is 11.3 Å². The average Bonchev–Trinajstić information content (AvgIpc) is 2.39. The number of amidine groups is 1. The van der Waals surface area contributed by atoms with Gasteiger partial charge in [0.05, 0.1) is 0 Å². The minimum absolute atomic E-state index is 0.0573. The van der Waals surface area contributed by atoms with Gasteiger partial charge in [0.2, 0.25) is 0 Å². The molecule has 0 aliphatic rings. The molecule has 104 valence electrons. The quantitative estimate of drug-likeness (QED) is 0.659. The van der Waals surface area contributed by atoms with Crippen LogP contribution in [-0.2, 0) is 6.61 Å². The van der Waals surface area contributed by atoms with Gasteiger partial charge in [-0.05, 0) is 49.1 Å². The molecule has 0 saturated carbocycles. The van der Waals surface area contributed by atoms with Crippen LogP contribution in [0.2, 0.25) is 0 Å². The van der Waals surface area contributed by atoms with Gasteiger partial charge in [0.15, 0.2) is 0 Å². The highest BCUT2D eigenvalue weighted by atomic mass is 16.5. The van der Waals surface area contributed by atoms with Gasteiger partial charge in [-0.1, -0.05) is 30.3 Å². The predicted molar refractivity (Wildman–Crippen MR) is 82.4 cm³/mol. The van der Waals surface area contributed by atoms with E-state index in [0.29, 0.717) is 12.2 Å². The zero-order valence-corrected chi connectivity index (χ0v) is 12.2. The second-order valence-electron chi connectivity index (χ2n) is 5.05. The van der Waals surface area contributed by atoms with Gasteiger partial charge < -0.3 is 10.5 Å². The summed E-state index contributed by atoms with van der Waals surface area (Å²) in [4.78, 5) is 0. The molecule has 0 heterocycles. The summed E-state index contributed by atoms with van der Waals surface area (Å²) < 4.78 is 5.92. The van der Waals surface area contributed by atoms with Crippen molar-refractivity contribution in [2.24, 2.45) is 5.73 Å². The number of hydrogen-bond donors (Lipinski definition) is 2. The van der Waals surface area contributed by atoms with E-state index in [9.17, 15) is 0 Å². The van der Waals surface area contributed by atoms with E-state index >= 15 is 0 Å². The molecule has 3 nitrogen and oxygen atoms in total. The Morgan fingerprint density at radius 1 is 1.05 bits per heavy atom. The lowest BCUT2D eigenvalue weighted by Crippen LogP contribution is -2.11. The lowest BCUT2D eigenvalue weighted by Gasteiger charge is -2.14. The number of nitrogens with two attached hydrogens (primary N) is 1. The summed E-state index contributed by atoms with van der Waals surface area (Å²) in [7, 11) is 0. The highest BCUT2D eigenvalue weighted by molar-refractivity contribution is 5.95. The zero-order chi connectivity index (χ0) is 14.7. The Bertz CT molecular complexity index is 627. The molecule has 0 aliphatic heterocycles. The van der Waals surface area contributed by atoms with Gasteiger partial charge in [0.1, 0.15) is 18.2 Å². The standard InChI is InChI=1S/C17H20N2O/c1-11-5-4-6-12(2)15(11)10-20-16-9-14(17(18)19)8-7-13(16)3/h4-9H,10H2,1-3H3,(H3,18,19). The molecule has 0 spiro atoms.